The molecular formula is C28H27N3O6. The molecule has 37 heavy (non-hydrogen) atoms. The molecule has 0 unspecified atom stereocenters. The summed E-state index contributed by atoms with van der Waals surface area (Å²) >= 11 is 0. The van der Waals surface area contributed by atoms with E-state index in [0.29, 0.717) is 23.5 Å². The third kappa shape index (κ3) is 5.02. The number of nitrogens with zero attached hydrogens (tertiary/aromatic N) is 2. The van der Waals surface area contributed by atoms with Crippen LogP contribution in [0.5, 0.6) is 5.75 Å². The summed E-state index contributed by atoms with van der Waals surface area (Å²) in [4.78, 5) is 51.8. The lowest BCUT2D eigenvalue weighted by molar-refractivity contribution is -0.122. The molecule has 4 amide bonds. The molecule has 0 spiro atoms. The van der Waals surface area contributed by atoms with Crippen LogP contribution in [0.4, 0.5) is 10.5 Å². The van der Waals surface area contributed by atoms with E-state index in [1.54, 1.807) is 49.4 Å². The molecule has 0 aliphatic carbocycles. The number of barbiturate groups is 1. The summed E-state index contributed by atoms with van der Waals surface area (Å²) in [5, 5.41) is 2.24. The molecule has 2 aromatic carbocycles. The largest absolute Gasteiger partial charge is 0.494 e. The van der Waals surface area contributed by atoms with E-state index in [1.807, 2.05) is 37.5 Å². The van der Waals surface area contributed by atoms with Crippen LogP contribution in [-0.4, -0.2) is 41.6 Å². The Labute approximate surface area is 214 Å². The van der Waals surface area contributed by atoms with Crippen LogP contribution in [0.25, 0.3) is 11.8 Å². The van der Waals surface area contributed by atoms with Crippen LogP contribution >= 0.6 is 0 Å². The minimum absolute atomic E-state index is 0.179. The average molecular weight is 502 g/mol. The Morgan fingerprint density at radius 3 is 2.41 bits per heavy atom. The normalized spacial score (nSPS) is 14.6. The van der Waals surface area contributed by atoms with Gasteiger partial charge in [0, 0.05) is 23.1 Å². The quantitative estimate of drug-likeness (QED) is 0.293. The molecule has 190 valence electrons. The Morgan fingerprint density at radius 2 is 1.68 bits per heavy atom. The summed E-state index contributed by atoms with van der Waals surface area (Å²) in [5.74, 6) is -1.44. The van der Waals surface area contributed by atoms with Crippen LogP contribution in [0.1, 0.15) is 41.2 Å². The zero-order valence-corrected chi connectivity index (χ0v) is 21.0. The molecule has 3 aromatic rings. The zero-order chi connectivity index (χ0) is 26.7. The van der Waals surface area contributed by atoms with Gasteiger partial charge in [-0.2, -0.15) is 0 Å². The molecule has 2 heterocycles. The summed E-state index contributed by atoms with van der Waals surface area (Å²) in [6.45, 7) is 7.99. The highest BCUT2D eigenvalue weighted by molar-refractivity contribution is 6.39. The highest BCUT2D eigenvalue weighted by atomic mass is 16.5. The molecule has 1 aliphatic heterocycles. The molecule has 4 rings (SSSR count). The van der Waals surface area contributed by atoms with E-state index in [1.165, 1.54) is 6.08 Å². The zero-order valence-electron chi connectivity index (χ0n) is 21.0. The van der Waals surface area contributed by atoms with Gasteiger partial charge in [0.2, 0.25) is 0 Å². The Morgan fingerprint density at radius 1 is 0.946 bits per heavy atom. The number of carbonyl (C=O) groups is 4. The van der Waals surface area contributed by atoms with Crippen LogP contribution in [-0.2, 0) is 14.3 Å². The van der Waals surface area contributed by atoms with Gasteiger partial charge in [0.15, 0.2) is 0 Å². The molecular weight excluding hydrogens is 474 g/mol. The number of aryl methyl sites for hydroxylation is 1. The number of hydrogen-bond acceptors (Lipinski definition) is 6. The number of ether oxygens (including phenoxy) is 2. The van der Waals surface area contributed by atoms with E-state index >= 15 is 0 Å². The molecule has 1 aliphatic rings. The van der Waals surface area contributed by atoms with Crippen molar-refractivity contribution in [3.05, 3.63) is 82.7 Å². The summed E-state index contributed by atoms with van der Waals surface area (Å²) in [5.41, 5.74) is 3.44. The summed E-state index contributed by atoms with van der Waals surface area (Å²) in [7, 11) is 0. The minimum atomic E-state index is -0.831. The number of nitrogens with one attached hydrogen (secondary N) is 1. The molecule has 9 nitrogen and oxygen atoms in total. The first-order valence-corrected chi connectivity index (χ1v) is 11.9. The number of urea groups is 1. The van der Waals surface area contributed by atoms with Crippen molar-refractivity contribution in [3.8, 4) is 11.4 Å². The first-order valence-electron chi connectivity index (χ1n) is 11.9. The monoisotopic (exact) mass is 501 g/mol. The van der Waals surface area contributed by atoms with Crippen molar-refractivity contribution in [2.75, 3.05) is 18.1 Å². The third-order valence-corrected chi connectivity index (χ3v) is 5.87. The van der Waals surface area contributed by atoms with E-state index in [0.717, 1.165) is 22.0 Å². The average Bonchev–Trinajstić information content (AvgIpc) is 3.14. The molecule has 1 N–H and O–H groups in total. The predicted octanol–water partition coefficient (Wildman–Crippen LogP) is 4.34. The van der Waals surface area contributed by atoms with Gasteiger partial charge in [0.05, 0.1) is 24.5 Å². The smallest absolute Gasteiger partial charge is 0.338 e. The maximum Gasteiger partial charge on any atom is 0.338 e. The van der Waals surface area contributed by atoms with E-state index in [9.17, 15) is 19.2 Å². The van der Waals surface area contributed by atoms with Crippen LogP contribution < -0.4 is 15.0 Å². The van der Waals surface area contributed by atoms with Crippen molar-refractivity contribution < 1.29 is 28.7 Å². The maximum atomic E-state index is 13.4. The standard InChI is InChI=1S/C28H27N3O6/c1-5-36-23-12-8-11-22(16-23)31-26(33)24(25(32)29-28(31)35)15-20-13-17(3)30(18(20)4)21-10-7-9-19(14-21)27(34)37-6-2/h7-16H,5-6H2,1-4H3,(H,29,32,35)/b24-15+. The summed E-state index contributed by atoms with van der Waals surface area (Å²) < 4.78 is 12.5. The van der Waals surface area contributed by atoms with Gasteiger partial charge in [-0.15, -0.1) is 0 Å². The van der Waals surface area contributed by atoms with Crippen LogP contribution in [0.15, 0.2) is 60.2 Å². The maximum absolute atomic E-state index is 13.4. The number of carbonyl (C=O) groups excluding carboxylic acids is 4. The van der Waals surface area contributed by atoms with Crippen molar-refractivity contribution in [2.24, 2.45) is 0 Å². The second kappa shape index (κ2) is 10.5. The van der Waals surface area contributed by atoms with Gasteiger partial charge >= 0.3 is 12.0 Å². The van der Waals surface area contributed by atoms with Crippen molar-refractivity contribution in [1.29, 1.82) is 0 Å². The Bertz CT molecular complexity index is 1440. The SMILES string of the molecule is CCOC(=O)c1cccc(-n2c(C)cc(/C=C3\C(=O)NC(=O)N(c4cccc(OCC)c4)C3=O)c2C)c1. The van der Waals surface area contributed by atoms with Crippen molar-refractivity contribution in [1.82, 2.24) is 9.88 Å². The summed E-state index contributed by atoms with van der Waals surface area (Å²) in [6, 6.07) is 14.5. The fraction of sp³-hybridized carbons (Fsp3) is 0.214. The lowest BCUT2D eigenvalue weighted by atomic mass is 10.1. The van der Waals surface area contributed by atoms with E-state index < -0.39 is 23.8 Å². The number of hydrogen-bond donors (Lipinski definition) is 1. The van der Waals surface area contributed by atoms with E-state index in [-0.39, 0.29) is 17.9 Å². The first-order chi connectivity index (χ1) is 17.7. The molecule has 1 saturated heterocycles. The van der Waals surface area contributed by atoms with Crippen LogP contribution in [0.3, 0.4) is 0 Å². The number of anilines is 1. The topological polar surface area (TPSA) is 107 Å². The second-order valence-electron chi connectivity index (χ2n) is 8.32. The molecule has 0 bridgehead atoms. The first kappa shape index (κ1) is 25.4. The van der Waals surface area contributed by atoms with Crippen LogP contribution in [0.2, 0.25) is 0 Å². The number of esters is 1. The minimum Gasteiger partial charge on any atom is -0.494 e. The van der Waals surface area contributed by atoms with Gasteiger partial charge in [-0.05, 0) is 75.7 Å². The van der Waals surface area contributed by atoms with Gasteiger partial charge in [0.1, 0.15) is 11.3 Å². The van der Waals surface area contributed by atoms with Crippen molar-refractivity contribution in [2.45, 2.75) is 27.7 Å². The van der Waals surface area contributed by atoms with Gasteiger partial charge < -0.3 is 14.0 Å². The van der Waals surface area contributed by atoms with Gasteiger partial charge in [-0.3, -0.25) is 14.9 Å². The third-order valence-electron chi connectivity index (χ3n) is 5.87. The molecule has 0 saturated carbocycles. The van der Waals surface area contributed by atoms with Gasteiger partial charge in [0.25, 0.3) is 11.8 Å². The van der Waals surface area contributed by atoms with Gasteiger partial charge in [-0.1, -0.05) is 12.1 Å². The Kier molecular flexibility index (Phi) is 7.24. The molecule has 0 atom stereocenters. The fourth-order valence-electron chi connectivity index (χ4n) is 4.24. The Hall–Kier alpha value is -4.66. The lowest BCUT2D eigenvalue weighted by Gasteiger charge is -2.26. The lowest BCUT2D eigenvalue weighted by Crippen LogP contribution is -2.54. The van der Waals surface area contributed by atoms with E-state index in [4.69, 9.17) is 9.47 Å². The highest BCUT2D eigenvalue weighted by Gasteiger charge is 2.37. The van der Waals surface area contributed by atoms with Gasteiger partial charge in [-0.25, -0.2) is 14.5 Å². The predicted molar refractivity (Wildman–Crippen MR) is 138 cm³/mol. The summed E-state index contributed by atoms with van der Waals surface area (Å²) in [6.07, 6.45) is 1.47. The fourth-order valence-corrected chi connectivity index (χ4v) is 4.24. The Balaban J connectivity index is 1.72. The number of benzene rings is 2. The van der Waals surface area contributed by atoms with E-state index in [2.05, 4.69) is 5.32 Å². The number of imide groups is 2. The molecule has 1 aromatic heterocycles. The molecule has 1 fully saturated rings. The molecule has 9 heteroatoms. The molecule has 0 radical (unpaired) electrons. The highest BCUT2D eigenvalue weighted by Crippen LogP contribution is 2.28. The number of amides is 4. The second-order valence-corrected chi connectivity index (χ2v) is 8.32. The number of aromatic nitrogens is 1. The van der Waals surface area contributed by atoms with Crippen molar-refractivity contribution >= 4 is 35.6 Å². The van der Waals surface area contributed by atoms with Crippen LogP contribution in [0, 0.1) is 13.8 Å². The number of rotatable bonds is 7. The van der Waals surface area contributed by atoms with Crippen molar-refractivity contribution in [3.63, 3.8) is 0 Å².